The van der Waals surface area contributed by atoms with E-state index in [1.54, 1.807) is 0 Å². The van der Waals surface area contributed by atoms with Crippen LogP contribution in [0.1, 0.15) is 381 Å². The van der Waals surface area contributed by atoms with Crippen LogP contribution in [0.2, 0.25) is 0 Å². The predicted octanol–water partition coefficient (Wildman–Crippen LogP) is 21.3. The Balaban J connectivity index is 5.21. The normalized spacial score (nSPS) is 14.0. The number of hydrogen-bond donors (Lipinski definition) is 3. The molecular weight excluding hydrogens is 1210 g/mol. The van der Waals surface area contributed by atoms with Gasteiger partial charge in [-0.25, -0.2) is 9.13 Å². The number of phosphoric acid groups is 2. The van der Waals surface area contributed by atoms with Gasteiger partial charge in [0.05, 0.1) is 26.4 Å². The molecule has 0 aliphatic rings. The lowest BCUT2D eigenvalue weighted by molar-refractivity contribution is -0.161. The molecule has 0 heterocycles. The number of phosphoric ester groups is 2. The predicted molar refractivity (Wildman–Crippen MR) is 372 cm³/mol. The van der Waals surface area contributed by atoms with Crippen molar-refractivity contribution in [1.82, 2.24) is 0 Å². The van der Waals surface area contributed by atoms with E-state index >= 15 is 0 Å². The van der Waals surface area contributed by atoms with E-state index in [1.165, 1.54) is 199 Å². The van der Waals surface area contributed by atoms with Gasteiger partial charge in [-0.1, -0.05) is 330 Å². The summed E-state index contributed by atoms with van der Waals surface area (Å²) in [5.74, 6) is -1.33. The Labute approximate surface area is 562 Å². The maximum Gasteiger partial charge on any atom is 0.472 e. The monoisotopic (exact) mass is 1350 g/mol. The van der Waals surface area contributed by atoms with Gasteiger partial charge in [-0.15, -0.1) is 0 Å². The van der Waals surface area contributed by atoms with Gasteiger partial charge in [0.2, 0.25) is 0 Å². The van der Waals surface area contributed by atoms with E-state index < -0.39 is 97.5 Å². The Kier molecular flexibility index (Phi) is 64.9. The van der Waals surface area contributed by atoms with Crippen molar-refractivity contribution in [3.8, 4) is 0 Å². The zero-order valence-corrected chi connectivity index (χ0v) is 61.5. The number of aliphatic hydroxyl groups excluding tert-OH is 1. The van der Waals surface area contributed by atoms with Crippen molar-refractivity contribution in [2.45, 2.75) is 400 Å². The van der Waals surface area contributed by atoms with Crippen LogP contribution in [0.3, 0.4) is 0 Å². The van der Waals surface area contributed by atoms with Crippen molar-refractivity contribution in [3.05, 3.63) is 0 Å². The van der Waals surface area contributed by atoms with Gasteiger partial charge in [0.25, 0.3) is 0 Å². The molecule has 0 rings (SSSR count). The first-order chi connectivity index (χ1) is 44.5. The standard InChI is InChI=1S/C73H142O17P2/c1-6-9-12-15-18-21-23-24-25-26-27-30-35-39-44-49-54-59-73(78)90-69(63-84-71(76)57-52-47-42-37-34-31-28-29-33-36-40-45-50-55-66(4)5)65-88-92(81,82)86-61-67(74)60-85-91(79,80)87-64-68(62-83-70(75)56-51-46-41-20-17-14-11-8-3)89-72(77)58-53-48-43-38-32-22-19-16-13-10-7-2/h66-69,74H,6-65H2,1-5H3,(H,79,80)(H,81,82)/t67-,68+,69+/m0/s1. The van der Waals surface area contributed by atoms with Crippen molar-refractivity contribution in [1.29, 1.82) is 0 Å². The molecule has 0 aromatic carbocycles. The van der Waals surface area contributed by atoms with Gasteiger partial charge in [0, 0.05) is 25.7 Å². The Bertz CT molecular complexity index is 1770. The fourth-order valence-corrected chi connectivity index (χ4v) is 12.8. The van der Waals surface area contributed by atoms with E-state index in [9.17, 15) is 43.2 Å². The average Bonchev–Trinajstić information content (AvgIpc) is 3.44. The van der Waals surface area contributed by atoms with Gasteiger partial charge in [-0.3, -0.25) is 37.3 Å². The summed E-state index contributed by atoms with van der Waals surface area (Å²) in [6.45, 7) is 7.26. The van der Waals surface area contributed by atoms with Crippen LogP contribution in [0.4, 0.5) is 0 Å². The molecular formula is C73H142O17P2. The fourth-order valence-electron chi connectivity index (χ4n) is 11.2. The molecule has 92 heavy (non-hydrogen) atoms. The molecule has 0 aliphatic carbocycles. The molecule has 0 saturated carbocycles. The third-order valence-electron chi connectivity index (χ3n) is 17.0. The number of carbonyl (C=O) groups is 4. The number of aliphatic hydroxyl groups is 1. The number of hydrogen-bond acceptors (Lipinski definition) is 15. The van der Waals surface area contributed by atoms with Crippen LogP contribution in [0.25, 0.3) is 0 Å². The SMILES string of the molecule is CCCCCCCCCCCCCCCCCCCC(=O)O[C@H](COC(=O)CCCCCCCCCCCCCCCC(C)C)COP(=O)(O)OC[C@@H](O)COP(=O)(O)OC[C@@H](COC(=O)CCCCCCCCCC)OC(=O)CCCCCCCCCCCCC. The summed E-state index contributed by atoms with van der Waals surface area (Å²) in [7, 11) is -9.90. The molecule has 0 bridgehead atoms. The molecule has 0 fully saturated rings. The van der Waals surface area contributed by atoms with Gasteiger partial charge in [0.15, 0.2) is 12.2 Å². The smallest absolute Gasteiger partial charge is 0.462 e. The minimum absolute atomic E-state index is 0.107. The highest BCUT2D eigenvalue weighted by molar-refractivity contribution is 7.47. The van der Waals surface area contributed by atoms with Crippen LogP contribution in [0.15, 0.2) is 0 Å². The Morgan fingerprint density at radius 3 is 0.739 bits per heavy atom. The minimum Gasteiger partial charge on any atom is -0.462 e. The highest BCUT2D eigenvalue weighted by Gasteiger charge is 2.30. The van der Waals surface area contributed by atoms with Crippen LogP contribution < -0.4 is 0 Å². The van der Waals surface area contributed by atoms with Gasteiger partial charge in [0.1, 0.15) is 19.3 Å². The molecule has 3 N–H and O–H groups in total. The van der Waals surface area contributed by atoms with Crippen LogP contribution in [-0.4, -0.2) is 96.7 Å². The molecule has 546 valence electrons. The van der Waals surface area contributed by atoms with Crippen LogP contribution >= 0.6 is 15.6 Å². The summed E-state index contributed by atoms with van der Waals surface area (Å²) in [6.07, 6.45) is 54.1. The van der Waals surface area contributed by atoms with Crippen molar-refractivity contribution in [2.75, 3.05) is 39.6 Å². The number of esters is 4. The van der Waals surface area contributed by atoms with Crippen molar-refractivity contribution in [3.63, 3.8) is 0 Å². The van der Waals surface area contributed by atoms with Crippen molar-refractivity contribution >= 4 is 39.5 Å². The fraction of sp³-hybridized carbons (Fsp3) is 0.945. The topological polar surface area (TPSA) is 237 Å². The summed E-state index contributed by atoms with van der Waals surface area (Å²) < 4.78 is 68.3. The van der Waals surface area contributed by atoms with Crippen molar-refractivity contribution in [2.24, 2.45) is 5.92 Å². The van der Waals surface area contributed by atoms with Gasteiger partial charge in [-0.2, -0.15) is 0 Å². The summed E-state index contributed by atoms with van der Waals surface area (Å²) in [5.41, 5.74) is 0. The molecule has 2 unspecified atom stereocenters. The summed E-state index contributed by atoms with van der Waals surface area (Å²) >= 11 is 0. The third kappa shape index (κ3) is 66.7. The van der Waals surface area contributed by atoms with E-state index in [0.717, 1.165) is 102 Å². The number of carbonyl (C=O) groups excluding carboxylic acids is 4. The summed E-state index contributed by atoms with van der Waals surface area (Å²) in [4.78, 5) is 72.6. The minimum atomic E-state index is -4.95. The van der Waals surface area contributed by atoms with Gasteiger partial charge < -0.3 is 33.8 Å². The Morgan fingerprint density at radius 2 is 0.500 bits per heavy atom. The first-order valence-corrected chi connectivity index (χ1v) is 41.1. The highest BCUT2D eigenvalue weighted by Crippen LogP contribution is 2.45. The molecule has 0 radical (unpaired) electrons. The Hall–Kier alpha value is -1.94. The lowest BCUT2D eigenvalue weighted by atomic mass is 10.0. The average molecular weight is 1350 g/mol. The largest absolute Gasteiger partial charge is 0.472 e. The first kappa shape index (κ1) is 90.1. The number of rotatable bonds is 73. The lowest BCUT2D eigenvalue weighted by Gasteiger charge is -2.21. The Morgan fingerprint density at radius 1 is 0.293 bits per heavy atom. The molecule has 17 nitrogen and oxygen atoms in total. The highest BCUT2D eigenvalue weighted by atomic mass is 31.2. The molecule has 0 aromatic rings. The lowest BCUT2D eigenvalue weighted by Crippen LogP contribution is -2.30. The molecule has 0 amide bonds. The third-order valence-corrected chi connectivity index (χ3v) is 18.9. The van der Waals surface area contributed by atoms with E-state index in [2.05, 4.69) is 34.6 Å². The van der Waals surface area contributed by atoms with Crippen molar-refractivity contribution < 1.29 is 80.2 Å². The van der Waals surface area contributed by atoms with Crippen LogP contribution in [0.5, 0.6) is 0 Å². The molecule has 0 spiro atoms. The second kappa shape index (κ2) is 66.3. The maximum absolute atomic E-state index is 13.1. The van der Waals surface area contributed by atoms with Crippen LogP contribution in [0, 0.1) is 5.92 Å². The second-order valence-electron chi connectivity index (χ2n) is 26.8. The maximum atomic E-state index is 13.1. The van der Waals surface area contributed by atoms with Crippen LogP contribution in [-0.2, 0) is 65.4 Å². The van der Waals surface area contributed by atoms with Gasteiger partial charge >= 0.3 is 39.5 Å². The zero-order valence-electron chi connectivity index (χ0n) is 59.7. The zero-order chi connectivity index (χ0) is 67.7. The molecule has 5 atom stereocenters. The number of ether oxygens (including phenoxy) is 4. The first-order valence-electron chi connectivity index (χ1n) is 38.1. The molecule has 0 saturated heterocycles. The quantitative estimate of drug-likeness (QED) is 0.0222. The summed E-state index contributed by atoms with van der Waals surface area (Å²) in [5, 5.41) is 10.6. The second-order valence-corrected chi connectivity index (χ2v) is 29.7. The molecule has 0 aliphatic heterocycles. The molecule has 19 heteroatoms. The molecule has 0 aromatic heterocycles. The number of unbranched alkanes of at least 4 members (excludes halogenated alkanes) is 45. The summed E-state index contributed by atoms with van der Waals surface area (Å²) in [6, 6.07) is 0. The van der Waals surface area contributed by atoms with E-state index in [4.69, 9.17) is 37.0 Å². The van der Waals surface area contributed by atoms with E-state index in [-0.39, 0.29) is 25.7 Å². The van der Waals surface area contributed by atoms with E-state index in [1.807, 2.05) is 0 Å². The van der Waals surface area contributed by atoms with E-state index in [0.29, 0.717) is 25.7 Å². The van der Waals surface area contributed by atoms with Gasteiger partial charge in [-0.05, 0) is 31.6 Å².